The predicted octanol–water partition coefficient (Wildman–Crippen LogP) is 1.43. The molecule has 1 unspecified atom stereocenters. The fraction of sp³-hybridized carbons (Fsp3) is 0.917. The van der Waals surface area contributed by atoms with Crippen molar-refractivity contribution in [3.8, 4) is 0 Å². The number of hydrogen-bond donors (Lipinski definition) is 0. The monoisotopic (exact) mass is 293 g/mol. The summed E-state index contributed by atoms with van der Waals surface area (Å²) in [7, 11) is -2.98. The number of hydrogen-bond acceptors (Lipinski definition) is 3. The van der Waals surface area contributed by atoms with Gasteiger partial charge in [-0.15, -0.1) is 11.6 Å². The highest BCUT2D eigenvalue weighted by Gasteiger charge is 2.38. The molecule has 0 N–H and O–H groups in total. The first-order chi connectivity index (χ1) is 8.53. The van der Waals surface area contributed by atoms with Gasteiger partial charge in [-0.2, -0.15) is 0 Å². The number of carbonyl (C=O) groups is 1. The number of nitrogens with zero attached hydrogens (tertiary/aromatic N) is 1. The number of alkyl halides is 1. The van der Waals surface area contributed by atoms with Crippen molar-refractivity contribution in [2.45, 2.75) is 38.1 Å². The predicted molar refractivity (Wildman–Crippen MR) is 71.4 cm³/mol. The van der Waals surface area contributed by atoms with Gasteiger partial charge in [-0.3, -0.25) is 4.79 Å². The third-order valence-electron chi connectivity index (χ3n) is 3.91. The second-order valence-corrected chi connectivity index (χ2v) is 7.87. The fourth-order valence-corrected chi connectivity index (χ4v) is 4.48. The molecule has 1 heterocycles. The number of halogens is 1. The molecule has 1 aliphatic carbocycles. The van der Waals surface area contributed by atoms with Gasteiger partial charge in [0.1, 0.15) is 0 Å². The standard InChI is InChI=1S/C12H20ClNO3S/c13-6-2-7-14(11-3-1-4-11)12(15)10-5-8-18(16,17)9-10/h10-11H,1-9H2. The van der Waals surface area contributed by atoms with Crippen molar-refractivity contribution in [2.24, 2.45) is 5.92 Å². The summed E-state index contributed by atoms with van der Waals surface area (Å²) >= 11 is 5.69. The number of amides is 1. The van der Waals surface area contributed by atoms with Crippen LogP contribution in [-0.4, -0.2) is 49.2 Å². The van der Waals surface area contributed by atoms with Crippen molar-refractivity contribution in [1.82, 2.24) is 4.90 Å². The molecule has 0 bridgehead atoms. The van der Waals surface area contributed by atoms with Crippen molar-refractivity contribution in [2.75, 3.05) is 23.9 Å². The zero-order valence-electron chi connectivity index (χ0n) is 10.5. The van der Waals surface area contributed by atoms with Crippen LogP contribution >= 0.6 is 11.6 Å². The van der Waals surface area contributed by atoms with E-state index >= 15 is 0 Å². The Morgan fingerprint density at radius 3 is 2.44 bits per heavy atom. The molecule has 6 heteroatoms. The van der Waals surface area contributed by atoms with Crippen LogP contribution in [0.2, 0.25) is 0 Å². The van der Waals surface area contributed by atoms with Gasteiger partial charge in [-0.1, -0.05) is 0 Å². The van der Waals surface area contributed by atoms with E-state index in [1.165, 1.54) is 0 Å². The summed E-state index contributed by atoms with van der Waals surface area (Å²) in [6.07, 6.45) is 4.54. The molecule has 1 atom stereocenters. The van der Waals surface area contributed by atoms with E-state index in [-0.39, 0.29) is 23.3 Å². The Hall–Kier alpha value is -0.290. The van der Waals surface area contributed by atoms with E-state index in [4.69, 9.17) is 11.6 Å². The Morgan fingerprint density at radius 1 is 1.28 bits per heavy atom. The first-order valence-electron chi connectivity index (χ1n) is 6.60. The Kier molecular flexibility index (Phi) is 4.54. The molecule has 1 amide bonds. The van der Waals surface area contributed by atoms with Crippen LogP contribution in [0.5, 0.6) is 0 Å². The molecule has 2 aliphatic rings. The molecular formula is C12H20ClNO3S. The van der Waals surface area contributed by atoms with E-state index in [2.05, 4.69) is 0 Å². The van der Waals surface area contributed by atoms with E-state index in [9.17, 15) is 13.2 Å². The van der Waals surface area contributed by atoms with E-state index in [0.29, 0.717) is 24.9 Å². The zero-order valence-corrected chi connectivity index (χ0v) is 12.0. The van der Waals surface area contributed by atoms with E-state index < -0.39 is 9.84 Å². The summed E-state index contributed by atoms with van der Waals surface area (Å²) in [5.41, 5.74) is 0. The minimum absolute atomic E-state index is 0.0332. The molecule has 0 aromatic carbocycles. The van der Waals surface area contributed by atoms with Crippen LogP contribution in [0.3, 0.4) is 0 Å². The van der Waals surface area contributed by atoms with Crippen molar-refractivity contribution in [3.63, 3.8) is 0 Å². The molecule has 0 radical (unpaired) electrons. The second-order valence-electron chi connectivity index (χ2n) is 5.26. The van der Waals surface area contributed by atoms with E-state index in [1.54, 1.807) is 0 Å². The van der Waals surface area contributed by atoms with Gasteiger partial charge < -0.3 is 4.90 Å². The van der Waals surface area contributed by atoms with Gasteiger partial charge in [0.2, 0.25) is 5.91 Å². The highest BCUT2D eigenvalue weighted by atomic mass is 35.5. The summed E-state index contributed by atoms with van der Waals surface area (Å²) in [5, 5.41) is 0. The van der Waals surface area contributed by atoms with Crippen LogP contribution in [0.1, 0.15) is 32.1 Å². The van der Waals surface area contributed by atoms with Crippen LogP contribution in [0.4, 0.5) is 0 Å². The Labute approximate surface area is 114 Å². The normalized spacial score (nSPS) is 26.8. The van der Waals surface area contributed by atoms with Gasteiger partial charge in [0.15, 0.2) is 9.84 Å². The average Bonchev–Trinajstić information content (AvgIpc) is 2.61. The van der Waals surface area contributed by atoms with Gasteiger partial charge in [0, 0.05) is 18.5 Å². The maximum Gasteiger partial charge on any atom is 0.226 e. The molecule has 1 aliphatic heterocycles. The van der Waals surface area contributed by atoms with Gasteiger partial charge in [0.05, 0.1) is 17.4 Å². The van der Waals surface area contributed by atoms with E-state index in [1.807, 2.05) is 4.90 Å². The van der Waals surface area contributed by atoms with Gasteiger partial charge in [-0.05, 0) is 32.1 Å². The molecule has 1 saturated heterocycles. The minimum Gasteiger partial charge on any atom is -0.339 e. The minimum atomic E-state index is -2.98. The molecule has 18 heavy (non-hydrogen) atoms. The zero-order chi connectivity index (χ0) is 13.2. The lowest BCUT2D eigenvalue weighted by Crippen LogP contribution is -2.47. The molecule has 0 aromatic heterocycles. The summed E-state index contributed by atoms with van der Waals surface area (Å²) in [6.45, 7) is 0.670. The Balaban J connectivity index is 1.98. The topological polar surface area (TPSA) is 54.5 Å². The third-order valence-corrected chi connectivity index (χ3v) is 5.95. The molecular weight excluding hydrogens is 274 g/mol. The lowest BCUT2D eigenvalue weighted by molar-refractivity contribution is -0.138. The number of rotatable bonds is 5. The smallest absolute Gasteiger partial charge is 0.226 e. The Morgan fingerprint density at radius 2 is 2.00 bits per heavy atom. The highest BCUT2D eigenvalue weighted by molar-refractivity contribution is 7.91. The third kappa shape index (κ3) is 3.18. The summed E-state index contributed by atoms with van der Waals surface area (Å²) in [4.78, 5) is 14.3. The Bertz CT molecular complexity index is 406. The van der Waals surface area contributed by atoms with Gasteiger partial charge in [0.25, 0.3) is 0 Å². The maximum absolute atomic E-state index is 12.4. The van der Waals surface area contributed by atoms with Crippen molar-refractivity contribution in [3.05, 3.63) is 0 Å². The van der Waals surface area contributed by atoms with Crippen LogP contribution in [-0.2, 0) is 14.6 Å². The van der Waals surface area contributed by atoms with Gasteiger partial charge >= 0.3 is 0 Å². The summed E-state index contributed by atoms with van der Waals surface area (Å²) in [5.74, 6) is 0.462. The SMILES string of the molecule is O=C(C1CCS(=O)(=O)C1)N(CCCCl)C1CCC1. The quantitative estimate of drug-likeness (QED) is 0.721. The van der Waals surface area contributed by atoms with Gasteiger partial charge in [-0.25, -0.2) is 8.42 Å². The summed E-state index contributed by atoms with van der Waals surface area (Å²) < 4.78 is 22.9. The van der Waals surface area contributed by atoms with Crippen LogP contribution in [0.15, 0.2) is 0 Å². The largest absolute Gasteiger partial charge is 0.339 e. The summed E-state index contributed by atoms with van der Waals surface area (Å²) in [6, 6.07) is 0.323. The lowest BCUT2D eigenvalue weighted by Gasteiger charge is -2.38. The maximum atomic E-state index is 12.4. The van der Waals surface area contributed by atoms with Crippen LogP contribution in [0.25, 0.3) is 0 Å². The second kappa shape index (κ2) is 5.78. The number of carbonyl (C=O) groups excluding carboxylic acids is 1. The molecule has 104 valence electrons. The number of sulfone groups is 1. The average molecular weight is 294 g/mol. The molecule has 4 nitrogen and oxygen atoms in total. The van der Waals surface area contributed by atoms with Crippen LogP contribution in [0, 0.1) is 5.92 Å². The van der Waals surface area contributed by atoms with E-state index in [0.717, 1.165) is 25.7 Å². The first-order valence-corrected chi connectivity index (χ1v) is 8.96. The van der Waals surface area contributed by atoms with Crippen molar-refractivity contribution < 1.29 is 13.2 Å². The molecule has 2 rings (SSSR count). The first kappa shape index (κ1) is 14.1. The molecule has 0 aromatic rings. The molecule has 1 saturated carbocycles. The molecule has 2 fully saturated rings. The highest BCUT2D eigenvalue weighted by Crippen LogP contribution is 2.29. The molecule has 0 spiro atoms. The van der Waals surface area contributed by atoms with Crippen molar-refractivity contribution >= 4 is 27.3 Å². The fourth-order valence-electron chi connectivity index (χ4n) is 2.63. The lowest BCUT2D eigenvalue weighted by atomic mass is 9.90. The van der Waals surface area contributed by atoms with Crippen molar-refractivity contribution in [1.29, 1.82) is 0 Å². The van der Waals surface area contributed by atoms with Crippen LogP contribution < -0.4 is 0 Å².